The lowest BCUT2D eigenvalue weighted by Crippen LogP contribution is -2.07. The average molecular weight is 215 g/mol. The highest BCUT2D eigenvalue weighted by Crippen LogP contribution is 2.18. The minimum Gasteiger partial charge on any atom is -0.325 e. The van der Waals surface area contributed by atoms with E-state index in [-0.39, 0.29) is 5.91 Å². The topological polar surface area (TPSA) is 29.1 Å². The van der Waals surface area contributed by atoms with Gasteiger partial charge in [-0.15, -0.1) is 6.42 Å². The molecule has 1 rings (SSSR count). The van der Waals surface area contributed by atoms with Gasteiger partial charge in [0, 0.05) is 12.5 Å². The van der Waals surface area contributed by atoms with Crippen LogP contribution in [0.5, 0.6) is 0 Å². The molecule has 0 spiro atoms. The number of aryl methyl sites for hydroxylation is 1. The van der Waals surface area contributed by atoms with Crippen molar-refractivity contribution in [3.63, 3.8) is 0 Å². The van der Waals surface area contributed by atoms with Crippen molar-refractivity contribution in [3.05, 3.63) is 29.3 Å². The van der Waals surface area contributed by atoms with Crippen LogP contribution in [0.15, 0.2) is 18.2 Å². The Bertz CT molecular complexity index is 415. The van der Waals surface area contributed by atoms with Gasteiger partial charge in [-0.05, 0) is 30.5 Å². The molecule has 0 aliphatic carbocycles. The van der Waals surface area contributed by atoms with Gasteiger partial charge in [-0.25, -0.2) is 0 Å². The maximum Gasteiger partial charge on any atom is 0.221 e. The molecule has 1 N–H and O–H groups in total. The lowest BCUT2D eigenvalue weighted by Gasteiger charge is -2.07. The van der Waals surface area contributed by atoms with Gasteiger partial charge in [0.05, 0.1) is 5.69 Å². The van der Waals surface area contributed by atoms with Crippen molar-refractivity contribution in [2.45, 2.75) is 33.1 Å². The molecule has 0 saturated carbocycles. The number of terminal acetylenes is 1. The fraction of sp³-hybridized carbons (Fsp3) is 0.357. The Morgan fingerprint density at radius 2 is 2.25 bits per heavy atom. The van der Waals surface area contributed by atoms with Crippen molar-refractivity contribution in [2.75, 3.05) is 5.32 Å². The first-order valence-electron chi connectivity index (χ1n) is 5.54. The predicted molar refractivity (Wildman–Crippen MR) is 67.3 cm³/mol. The van der Waals surface area contributed by atoms with Crippen molar-refractivity contribution < 1.29 is 4.79 Å². The van der Waals surface area contributed by atoms with Gasteiger partial charge in [0.2, 0.25) is 5.91 Å². The van der Waals surface area contributed by atoms with Crippen LogP contribution in [-0.2, 0) is 11.2 Å². The van der Waals surface area contributed by atoms with E-state index >= 15 is 0 Å². The average Bonchev–Trinajstić information content (AvgIpc) is 2.27. The van der Waals surface area contributed by atoms with Crippen LogP contribution in [0.4, 0.5) is 5.69 Å². The molecule has 0 atom stereocenters. The molecule has 0 fully saturated rings. The van der Waals surface area contributed by atoms with Crippen molar-refractivity contribution in [1.29, 1.82) is 0 Å². The lowest BCUT2D eigenvalue weighted by atomic mass is 10.0. The van der Waals surface area contributed by atoms with Crippen LogP contribution < -0.4 is 5.32 Å². The minimum atomic E-state index is -0.0993. The third kappa shape index (κ3) is 3.43. The normalized spacial score (nSPS) is 9.56. The molecule has 2 nitrogen and oxygen atoms in total. The van der Waals surface area contributed by atoms with Gasteiger partial charge in [-0.3, -0.25) is 4.79 Å². The van der Waals surface area contributed by atoms with E-state index in [4.69, 9.17) is 6.42 Å². The van der Waals surface area contributed by atoms with Crippen LogP contribution in [0.1, 0.15) is 37.8 Å². The van der Waals surface area contributed by atoms with Crippen LogP contribution in [-0.4, -0.2) is 5.91 Å². The Labute approximate surface area is 97.1 Å². The quantitative estimate of drug-likeness (QED) is 0.769. The molecule has 0 radical (unpaired) electrons. The fourth-order valence-corrected chi connectivity index (χ4v) is 1.55. The fourth-order valence-electron chi connectivity index (χ4n) is 1.55. The summed E-state index contributed by atoms with van der Waals surface area (Å²) in [7, 11) is 0. The zero-order chi connectivity index (χ0) is 12.0. The highest BCUT2D eigenvalue weighted by atomic mass is 16.1. The van der Waals surface area contributed by atoms with Crippen LogP contribution in [0.3, 0.4) is 0 Å². The van der Waals surface area contributed by atoms with Crippen LogP contribution in [0.2, 0.25) is 0 Å². The number of benzene rings is 1. The van der Waals surface area contributed by atoms with E-state index in [0.717, 1.165) is 24.1 Å². The number of hydrogen-bond acceptors (Lipinski definition) is 1. The first-order valence-corrected chi connectivity index (χ1v) is 5.54. The zero-order valence-electron chi connectivity index (χ0n) is 9.84. The Balaban J connectivity index is 2.89. The summed E-state index contributed by atoms with van der Waals surface area (Å²) >= 11 is 0. The van der Waals surface area contributed by atoms with E-state index < -0.39 is 0 Å². The highest BCUT2D eigenvalue weighted by Gasteiger charge is 2.03. The second-order valence-electron chi connectivity index (χ2n) is 3.81. The van der Waals surface area contributed by atoms with Gasteiger partial charge in [0.15, 0.2) is 0 Å². The summed E-state index contributed by atoms with van der Waals surface area (Å²) in [5, 5.41) is 2.73. The smallest absolute Gasteiger partial charge is 0.221 e. The molecule has 0 bridgehead atoms. The van der Waals surface area contributed by atoms with Crippen molar-refractivity contribution >= 4 is 11.6 Å². The van der Waals surface area contributed by atoms with Crippen LogP contribution >= 0.6 is 0 Å². The maximum atomic E-state index is 11.0. The number of hydrogen-bond donors (Lipinski definition) is 1. The number of carbonyl (C=O) groups is 1. The molecule has 1 amide bonds. The third-order valence-corrected chi connectivity index (χ3v) is 2.37. The SMILES string of the molecule is C#Cc1cc(CCCC)ccc1NC(C)=O. The van der Waals surface area contributed by atoms with Gasteiger partial charge in [-0.2, -0.15) is 0 Å². The number of carbonyl (C=O) groups excluding carboxylic acids is 1. The van der Waals surface area contributed by atoms with E-state index in [9.17, 15) is 4.79 Å². The molecule has 0 unspecified atom stereocenters. The molecule has 0 aliphatic rings. The molecule has 1 aromatic carbocycles. The monoisotopic (exact) mass is 215 g/mol. The Morgan fingerprint density at radius 1 is 1.50 bits per heavy atom. The van der Waals surface area contributed by atoms with E-state index in [2.05, 4.69) is 18.2 Å². The summed E-state index contributed by atoms with van der Waals surface area (Å²) in [6.45, 7) is 3.64. The van der Waals surface area contributed by atoms with Crippen LogP contribution in [0.25, 0.3) is 0 Å². The molecule has 0 aliphatic heterocycles. The number of rotatable bonds is 4. The van der Waals surface area contributed by atoms with Crippen molar-refractivity contribution in [2.24, 2.45) is 0 Å². The van der Waals surface area contributed by atoms with E-state index in [1.807, 2.05) is 18.2 Å². The van der Waals surface area contributed by atoms with Crippen molar-refractivity contribution in [1.82, 2.24) is 0 Å². The molecular weight excluding hydrogens is 198 g/mol. The Kier molecular flexibility index (Phi) is 4.60. The summed E-state index contributed by atoms with van der Waals surface area (Å²) in [6, 6.07) is 5.87. The molecular formula is C14H17NO. The number of amides is 1. The first kappa shape index (κ1) is 12.3. The molecule has 0 saturated heterocycles. The zero-order valence-corrected chi connectivity index (χ0v) is 9.84. The van der Waals surface area contributed by atoms with E-state index in [1.165, 1.54) is 18.9 Å². The Hall–Kier alpha value is -1.75. The molecule has 2 heteroatoms. The Morgan fingerprint density at radius 3 is 2.81 bits per heavy atom. The van der Waals surface area contributed by atoms with Gasteiger partial charge < -0.3 is 5.32 Å². The number of anilines is 1. The largest absolute Gasteiger partial charge is 0.325 e. The molecule has 0 aromatic heterocycles. The van der Waals surface area contributed by atoms with Gasteiger partial charge >= 0.3 is 0 Å². The first-order chi connectivity index (χ1) is 7.67. The van der Waals surface area contributed by atoms with Crippen molar-refractivity contribution in [3.8, 4) is 12.3 Å². The highest BCUT2D eigenvalue weighted by molar-refractivity contribution is 5.90. The maximum absolute atomic E-state index is 11.0. The molecule has 16 heavy (non-hydrogen) atoms. The second kappa shape index (κ2) is 5.97. The summed E-state index contributed by atoms with van der Waals surface area (Å²) in [5.74, 6) is 2.50. The van der Waals surface area contributed by atoms with E-state index in [0.29, 0.717) is 0 Å². The summed E-state index contributed by atoms with van der Waals surface area (Å²) in [4.78, 5) is 11.0. The molecule has 1 aromatic rings. The molecule has 0 heterocycles. The van der Waals surface area contributed by atoms with Gasteiger partial charge in [0.1, 0.15) is 0 Å². The minimum absolute atomic E-state index is 0.0993. The molecule has 84 valence electrons. The van der Waals surface area contributed by atoms with E-state index in [1.54, 1.807) is 0 Å². The second-order valence-corrected chi connectivity index (χ2v) is 3.81. The summed E-state index contributed by atoms with van der Waals surface area (Å²) in [5.41, 5.74) is 2.70. The third-order valence-electron chi connectivity index (χ3n) is 2.37. The van der Waals surface area contributed by atoms with Gasteiger partial charge in [-0.1, -0.05) is 25.3 Å². The standard InChI is InChI=1S/C14H17NO/c1-4-6-7-12-8-9-14(15-11(3)16)13(5-2)10-12/h2,8-10H,4,6-7H2,1,3H3,(H,15,16). The summed E-state index contributed by atoms with van der Waals surface area (Å²) < 4.78 is 0. The number of nitrogens with one attached hydrogen (secondary N) is 1. The number of unbranched alkanes of at least 4 members (excludes halogenated alkanes) is 1. The predicted octanol–water partition coefficient (Wildman–Crippen LogP) is 2.97. The van der Waals surface area contributed by atoms with Crippen LogP contribution in [0, 0.1) is 12.3 Å². The summed E-state index contributed by atoms with van der Waals surface area (Å²) in [6.07, 6.45) is 8.78. The lowest BCUT2D eigenvalue weighted by molar-refractivity contribution is -0.114. The van der Waals surface area contributed by atoms with Gasteiger partial charge in [0.25, 0.3) is 0 Å².